The van der Waals surface area contributed by atoms with E-state index >= 15 is 0 Å². The number of carbonyl (C=O) groups is 1. The van der Waals surface area contributed by atoms with E-state index in [0.717, 1.165) is 29.1 Å². The van der Waals surface area contributed by atoms with Crippen molar-refractivity contribution in [3.63, 3.8) is 0 Å². The molecule has 0 spiro atoms. The van der Waals surface area contributed by atoms with Crippen LogP contribution in [0, 0.1) is 0 Å². The predicted molar refractivity (Wildman–Crippen MR) is 130 cm³/mol. The van der Waals surface area contributed by atoms with Gasteiger partial charge in [-0.25, -0.2) is 0 Å². The van der Waals surface area contributed by atoms with Gasteiger partial charge in [0.25, 0.3) is 0 Å². The average molecular weight is 480 g/mol. The number of phenols is 1. The molecule has 0 heterocycles. The van der Waals surface area contributed by atoms with Gasteiger partial charge in [0.1, 0.15) is 18.6 Å². The van der Waals surface area contributed by atoms with Crippen LogP contribution in [0.25, 0.3) is 0 Å². The lowest BCUT2D eigenvalue weighted by Crippen LogP contribution is -2.06. The summed E-state index contributed by atoms with van der Waals surface area (Å²) in [7, 11) is 1.49. The van der Waals surface area contributed by atoms with Crippen molar-refractivity contribution in [1.29, 1.82) is 0 Å². The Balaban J connectivity index is 1.97. The monoisotopic (exact) mass is 479 g/mol. The van der Waals surface area contributed by atoms with Gasteiger partial charge in [-0.05, 0) is 49.1 Å². The highest BCUT2D eigenvalue weighted by atomic mass is 35.5. The highest BCUT2D eigenvalue weighted by molar-refractivity contribution is 7.99. The van der Waals surface area contributed by atoms with Crippen molar-refractivity contribution in [2.24, 2.45) is 5.16 Å². The normalized spacial score (nSPS) is 11.4. The highest BCUT2D eigenvalue weighted by Crippen LogP contribution is 2.34. The summed E-state index contributed by atoms with van der Waals surface area (Å²) in [6.07, 6.45) is 2.97. The molecule has 0 atom stereocenters. The number of thioether (sulfide) groups is 1. The average Bonchev–Trinajstić information content (AvgIpc) is 2.75. The minimum Gasteiger partial charge on any atom is -0.507 e. The zero-order chi connectivity index (χ0) is 23.5. The number of carboxylic acid groups (broad SMARTS) is 1. The summed E-state index contributed by atoms with van der Waals surface area (Å²) >= 11 is 7.88. The van der Waals surface area contributed by atoms with Gasteiger partial charge >= 0.3 is 5.97 Å². The van der Waals surface area contributed by atoms with Crippen molar-refractivity contribution >= 4 is 35.0 Å². The molecule has 0 radical (unpaired) electrons. The molecule has 0 aliphatic heterocycles. The fraction of sp³-hybridized carbons (Fsp3) is 0.417. The summed E-state index contributed by atoms with van der Waals surface area (Å²) < 4.78 is 5.99. The minimum atomic E-state index is -0.878. The van der Waals surface area contributed by atoms with Gasteiger partial charge in [0.15, 0.2) is 0 Å². The second-order valence-corrected chi connectivity index (χ2v) is 8.69. The quantitative estimate of drug-likeness (QED) is 0.160. The molecule has 2 aromatic carbocycles. The van der Waals surface area contributed by atoms with Crippen LogP contribution in [0.5, 0.6) is 11.5 Å². The van der Waals surface area contributed by atoms with Crippen LogP contribution in [-0.2, 0) is 22.5 Å². The lowest BCUT2D eigenvalue weighted by atomic mass is 9.99. The topological polar surface area (TPSA) is 88.4 Å². The van der Waals surface area contributed by atoms with E-state index in [-0.39, 0.29) is 12.2 Å². The highest BCUT2D eigenvalue weighted by Gasteiger charge is 2.17. The number of ether oxygens (including phenoxy) is 1. The smallest absolute Gasteiger partial charge is 0.307 e. The molecular formula is C24H30ClNO5S. The Bertz CT molecular complexity index is 948. The van der Waals surface area contributed by atoms with E-state index in [0.29, 0.717) is 47.1 Å². The molecule has 0 saturated heterocycles. The molecule has 2 N–H and O–H groups in total. The minimum absolute atomic E-state index is 0.0404. The Morgan fingerprint density at radius 3 is 2.62 bits per heavy atom. The molecular weight excluding hydrogens is 450 g/mol. The van der Waals surface area contributed by atoms with E-state index in [1.807, 2.05) is 25.1 Å². The van der Waals surface area contributed by atoms with Crippen molar-refractivity contribution in [2.75, 3.05) is 19.5 Å². The Labute approximate surface area is 198 Å². The molecule has 8 heteroatoms. The van der Waals surface area contributed by atoms with Crippen molar-refractivity contribution in [1.82, 2.24) is 0 Å². The van der Waals surface area contributed by atoms with Gasteiger partial charge in [-0.3, -0.25) is 4.79 Å². The molecule has 174 valence electrons. The summed E-state index contributed by atoms with van der Waals surface area (Å²) in [6, 6.07) is 9.05. The number of halogens is 1. The zero-order valence-corrected chi connectivity index (χ0v) is 20.3. The largest absolute Gasteiger partial charge is 0.507 e. The third-order valence-electron chi connectivity index (χ3n) is 4.74. The van der Waals surface area contributed by atoms with E-state index in [1.54, 1.807) is 23.9 Å². The Morgan fingerprint density at radius 1 is 1.22 bits per heavy atom. The molecule has 2 aromatic rings. The maximum absolute atomic E-state index is 10.8. The van der Waals surface area contributed by atoms with E-state index in [4.69, 9.17) is 26.3 Å². The fourth-order valence-corrected chi connectivity index (χ4v) is 4.47. The van der Waals surface area contributed by atoms with Crippen molar-refractivity contribution in [2.45, 2.75) is 50.8 Å². The van der Waals surface area contributed by atoms with Crippen LogP contribution in [0.15, 0.2) is 40.4 Å². The number of carboxylic acids is 1. The van der Waals surface area contributed by atoms with Gasteiger partial charge in [0, 0.05) is 21.8 Å². The first-order valence-corrected chi connectivity index (χ1v) is 12.0. The van der Waals surface area contributed by atoms with Crippen LogP contribution in [0.3, 0.4) is 0 Å². The summed E-state index contributed by atoms with van der Waals surface area (Å²) in [5.74, 6) is 0.801. The van der Waals surface area contributed by atoms with E-state index in [2.05, 4.69) is 12.1 Å². The van der Waals surface area contributed by atoms with Crippen molar-refractivity contribution < 1.29 is 24.6 Å². The first-order valence-electron chi connectivity index (χ1n) is 10.6. The lowest BCUT2D eigenvalue weighted by molar-refractivity contribution is -0.136. The van der Waals surface area contributed by atoms with Gasteiger partial charge in [-0.1, -0.05) is 43.1 Å². The molecule has 0 bridgehead atoms. The van der Waals surface area contributed by atoms with Gasteiger partial charge in [0.2, 0.25) is 0 Å². The van der Waals surface area contributed by atoms with Crippen LogP contribution < -0.4 is 4.74 Å². The third-order valence-corrected chi connectivity index (χ3v) is 6.33. The van der Waals surface area contributed by atoms with Crippen LogP contribution in [0.1, 0.15) is 49.8 Å². The van der Waals surface area contributed by atoms with Crippen LogP contribution >= 0.6 is 23.4 Å². The van der Waals surface area contributed by atoms with Gasteiger partial charge in [-0.2, -0.15) is 0 Å². The fourth-order valence-electron chi connectivity index (χ4n) is 3.26. The van der Waals surface area contributed by atoms with Crippen LogP contribution in [0.2, 0.25) is 5.02 Å². The second kappa shape index (κ2) is 13.2. The number of phenolic OH excluding ortho intramolecular Hbond substituents is 1. The van der Waals surface area contributed by atoms with Gasteiger partial charge < -0.3 is 19.8 Å². The molecule has 0 aromatic heterocycles. The number of hydrogen-bond donors (Lipinski definition) is 2. The van der Waals surface area contributed by atoms with Gasteiger partial charge in [0.05, 0.1) is 23.8 Å². The number of oxime groups is 1. The Morgan fingerprint density at radius 2 is 2.00 bits per heavy atom. The van der Waals surface area contributed by atoms with E-state index in [9.17, 15) is 9.90 Å². The molecule has 32 heavy (non-hydrogen) atoms. The van der Waals surface area contributed by atoms with Crippen LogP contribution in [0.4, 0.5) is 0 Å². The SMILES string of the molecule is CCCc1c(OCCCSc2ccc(CC(=O)O)cc2Cl)ccc(/C(CC)=N/OC)c1O. The molecule has 0 fully saturated rings. The number of aromatic hydroxyl groups is 1. The lowest BCUT2D eigenvalue weighted by Gasteiger charge is -2.16. The van der Waals surface area contributed by atoms with Crippen molar-refractivity contribution in [3.8, 4) is 11.5 Å². The van der Waals surface area contributed by atoms with E-state index < -0.39 is 5.97 Å². The van der Waals surface area contributed by atoms with Crippen molar-refractivity contribution in [3.05, 3.63) is 52.0 Å². The molecule has 0 aliphatic rings. The van der Waals surface area contributed by atoms with Gasteiger partial charge in [-0.15, -0.1) is 11.8 Å². The number of benzene rings is 2. The second-order valence-electron chi connectivity index (χ2n) is 7.15. The maximum atomic E-state index is 10.8. The number of aliphatic carboxylic acids is 1. The third kappa shape index (κ3) is 7.35. The summed E-state index contributed by atoms with van der Waals surface area (Å²) in [4.78, 5) is 16.6. The van der Waals surface area contributed by atoms with E-state index in [1.165, 1.54) is 7.11 Å². The van der Waals surface area contributed by atoms with Crippen LogP contribution in [-0.4, -0.2) is 41.4 Å². The molecule has 0 aliphatic carbocycles. The maximum Gasteiger partial charge on any atom is 0.307 e. The zero-order valence-electron chi connectivity index (χ0n) is 18.7. The Hall–Kier alpha value is -2.38. The molecule has 0 saturated carbocycles. The number of rotatable bonds is 13. The first kappa shape index (κ1) is 25.9. The standard InChI is InChI=1S/C24H30ClNO5S/c1-4-7-18-21(10-9-17(24(18)29)20(5-2)26-30-3)31-12-6-13-32-22-11-8-16(14-19(22)25)15-23(27)28/h8-11,14,29H,4-7,12-13,15H2,1-3H3,(H,27,28)/b26-20+. The molecule has 0 unspecified atom stereocenters. The Kier molecular flexibility index (Phi) is 10.7. The summed E-state index contributed by atoms with van der Waals surface area (Å²) in [6.45, 7) is 4.52. The number of hydrogen-bond acceptors (Lipinski definition) is 6. The summed E-state index contributed by atoms with van der Waals surface area (Å²) in [5, 5.41) is 24.3. The molecule has 6 nitrogen and oxygen atoms in total. The molecule has 0 amide bonds. The first-order chi connectivity index (χ1) is 15.4. The summed E-state index contributed by atoms with van der Waals surface area (Å²) in [5.41, 5.74) is 2.83. The number of nitrogens with zero attached hydrogens (tertiary/aromatic N) is 1. The predicted octanol–water partition coefficient (Wildman–Crippen LogP) is 5.95. The molecule has 2 rings (SSSR count).